The van der Waals surface area contributed by atoms with Crippen molar-refractivity contribution in [3.05, 3.63) is 15.6 Å². The van der Waals surface area contributed by atoms with E-state index in [0.29, 0.717) is 12.5 Å². The molecule has 2 N–H and O–H groups in total. The van der Waals surface area contributed by atoms with Crippen LogP contribution in [0.1, 0.15) is 34.2 Å². The molecule has 0 aliphatic rings. The van der Waals surface area contributed by atoms with Crippen molar-refractivity contribution in [1.29, 1.82) is 0 Å². The molecule has 0 saturated heterocycles. The number of rotatable bonds is 6. The van der Waals surface area contributed by atoms with Crippen molar-refractivity contribution in [2.45, 2.75) is 27.2 Å². The lowest BCUT2D eigenvalue weighted by Gasteiger charge is -2.06. The van der Waals surface area contributed by atoms with Crippen molar-refractivity contribution in [3.63, 3.8) is 0 Å². The van der Waals surface area contributed by atoms with E-state index < -0.39 is 0 Å². The molecule has 0 bridgehead atoms. The van der Waals surface area contributed by atoms with E-state index in [9.17, 15) is 4.79 Å². The van der Waals surface area contributed by atoms with Crippen molar-refractivity contribution in [2.75, 3.05) is 20.1 Å². The van der Waals surface area contributed by atoms with Crippen LogP contribution in [0.4, 0.5) is 0 Å². The Kier molecular flexibility index (Phi) is 11.5. The van der Waals surface area contributed by atoms with Gasteiger partial charge in [0, 0.05) is 13.1 Å². The van der Waals surface area contributed by atoms with Gasteiger partial charge in [0.1, 0.15) is 4.88 Å². The number of carbonyl (C=O) groups excluding carboxylic acids is 1. The van der Waals surface area contributed by atoms with Crippen LogP contribution in [0.2, 0.25) is 0 Å². The second kappa shape index (κ2) is 10.4. The number of likely N-dealkylation sites (N-methyl/N-ethyl adjacent to an activating group) is 1. The third-order valence-corrected chi connectivity index (χ3v) is 3.28. The third kappa shape index (κ3) is 7.11. The highest BCUT2D eigenvalue weighted by atomic mass is 35.5. The first kappa shape index (κ1) is 20.9. The molecular weight excluding hydrogens is 305 g/mol. The monoisotopic (exact) mass is 327 g/mol. The zero-order valence-electron chi connectivity index (χ0n) is 11.8. The van der Waals surface area contributed by atoms with Gasteiger partial charge in [-0.1, -0.05) is 13.8 Å². The van der Waals surface area contributed by atoms with E-state index in [1.807, 2.05) is 14.0 Å². The Morgan fingerprint density at radius 3 is 2.47 bits per heavy atom. The minimum absolute atomic E-state index is 0. The fraction of sp³-hybridized carbons (Fsp3) is 0.667. The molecule has 1 aromatic rings. The fourth-order valence-corrected chi connectivity index (χ4v) is 2.42. The van der Waals surface area contributed by atoms with E-state index in [1.165, 1.54) is 11.3 Å². The molecule has 0 aromatic carbocycles. The highest BCUT2D eigenvalue weighted by Gasteiger charge is 2.16. The van der Waals surface area contributed by atoms with E-state index >= 15 is 0 Å². The smallest absolute Gasteiger partial charge is 0.263 e. The molecule has 112 valence electrons. The molecule has 4 nitrogen and oxygen atoms in total. The number of thiazole rings is 1. The van der Waals surface area contributed by atoms with Gasteiger partial charge in [-0.2, -0.15) is 0 Å². The van der Waals surface area contributed by atoms with Gasteiger partial charge in [-0.25, -0.2) is 4.98 Å². The van der Waals surface area contributed by atoms with Gasteiger partial charge in [0.25, 0.3) is 5.91 Å². The molecule has 7 heteroatoms. The fourth-order valence-electron chi connectivity index (χ4n) is 1.55. The van der Waals surface area contributed by atoms with E-state index in [-0.39, 0.29) is 30.7 Å². The molecule has 0 atom stereocenters. The minimum Gasteiger partial charge on any atom is -0.350 e. The summed E-state index contributed by atoms with van der Waals surface area (Å²) in [6.07, 6.45) is 0.860. The Morgan fingerprint density at radius 1 is 1.32 bits per heavy atom. The Hall–Kier alpha value is -0.360. The first-order valence-corrected chi connectivity index (χ1v) is 6.75. The minimum atomic E-state index is 0. The summed E-state index contributed by atoms with van der Waals surface area (Å²) in [6.45, 7) is 7.64. The summed E-state index contributed by atoms with van der Waals surface area (Å²) in [5, 5.41) is 6.85. The van der Waals surface area contributed by atoms with Gasteiger partial charge in [0.05, 0.1) is 10.7 Å². The molecule has 0 aliphatic heterocycles. The average Bonchev–Trinajstić information content (AvgIpc) is 2.58. The van der Waals surface area contributed by atoms with Crippen molar-refractivity contribution in [3.8, 4) is 0 Å². The van der Waals surface area contributed by atoms with Gasteiger partial charge in [-0.15, -0.1) is 36.2 Å². The molecule has 0 spiro atoms. The SMILES string of the molecule is CNCCNC(=O)c1sc(C)nc1CC(C)C.Cl.Cl. The molecule has 0 unspecified atom stereocenters. The topological polar surface area (TPSA) is 54.0 Å². The molecule has 0 saturated carbocycles. The maximum atomic E-state index is 12.0. The Bertz CT molecular complexity index is 383. The van der Waals surface area contributed by atoms with E-state index in [1.54, 1.807) is 0 Å². The van der Waals surface area contributed by atoms with Crippen molar-refractivity contribution in [1.82, 2.24) is 15.6 Å². The first-order chi connectivity index (χ1) is 8.04. The van der Waals surface area contributed by atoms with Gasteiger partial charge in [0.2, 0.25) is 0 Å². The molecule has 0 radical (unpaired) electrons. The Labute approximate surface area is 131 Å². The zero-order chi connectivity index (χ0) is 12.8. The van der Waals surface area contributed by atoms with Gasteiger partial charge in [-0.3, -0.25) is 4.79 Å². The van der Waals surface area contributed by atoms with Crippen LogP contribution in [-0.2, 0) is 6.42 Å². The molecule has 0 aliphatic carbocycles. The van der Waals surface area contributed by atoms with Crippen LogP contribution in [0.3, 0.4) is 0 Å². The summed E-state index contributed by atoms with van der Waals surface area (Å²) < 4.78 is 0. The molecular formula is C12H23Cl2N3OS. The first-order valence-electron chi connectivity index (χ1n) is 5.93. The van der Waals surface area contributed by atoms with E-state index in [0.717, 1.165) is 28.5 Å². The zero-order valence-corrected chi connectivity index (χ0v) is 14.2. The summed E-state index contributed by atoms with van der Waals surface area (Å²) in [6, 6.07) is 0. The average molecular weight is 328 g/mol. The lowest BCUT2D eigenvalue weighted by Crippen LogP contribution is -2.30. The van der Waals surface area contributed by atoms with Crippen LogP contribution in [0, 0.1) is 12.8 Å². The summed E-state index contributed by atoms with van der Waals surface area (Å²) >= 11 is 1.48. The number of nitrogens with zero attached hydrogens (tertiary/aromatic N) is 1. The number of carbonyl (C=O) groups is 1. The highest BCUT2D eigenvalue weighted by Crippen LogP contribution is 2.20. The largest absolute Gasteiger partial charge is 0.350 e. The molecule has 0 fully saturated rings. The molecule has 1 heterocycles. The summed E-state index contributed by atoms with van der Waals surface area (Å²) in [5.74, 6) is 0.516. The molecule has 1 aromatic heterocycles. The molecule has 1 rings (SSSR count). The predicted octanol–water partition coefficient (Wildman–Crippen LogP) is 2.44. The highest BCUT2D eigenvalue weighted by molar-refractivity contribution is 7.13. The van der Waals surface area contributed by atoms with Crippen LogP contribution in [0.15, 0.2) is 0 Å². The second-order valence-electron chi connectivity index (χ2n) is 4.47. The quantitative estimate of drug-likeness (QED) is 0.789. The summed E-state index contributed by atoms with van der Waals surface area (Å²) in [4.78, 5) is 17.2. The van der Waals surface area contributed by atoms with Crippen LogP contribution in [0.5, 0.6) is 0 Å². The maximum Gasteiger partial charge on any atom is 0.263 e. The predicted molar refractivity (Wildman–Crippen MR) is 86.1 cm³/mol. The third-order valence-electron chi connectivity index (χ3n) is 2.27. The van der Waals surface area contributed by atoms with Gasteiger partial charge < -0.3 is 10.6 Å². The lowest BCUT2D eigenvalue weighted by molar-refractivity contribution is 0.0957. The Balaban J connectivity index is 0. The summed E-state index contributed by atoms with van der Waals surface area (Å²) in [5.41, 5.74) is 0.935. The number of halogens is 2. The van der Waals surface area contributed by atoms with Gasteiger partial charge >= 0.3 is 0 Å². The number of aromatic nitrogens is 1. The van der Waals surface area contributed by atoms with Crippen LogP contribution in [0.25, 0.3) is 0 Å². The lowest BCUT2D eigenvalue weighted by atomic mass is 10.1. The van der Waals surface area contributed by atoms with Crippen molar-refractivity contribution < 1.29 is 4.79 Å². The number of aryl methyl sites for hydroxylation is 1. The van der Waals surface area contributed by atoms with Crippen molar-refractivity contribution >= 4 is 42.1 Å². The second-order valence-corrected chi connectivity index (χ2v) is 5.67. The van der Waals surface area contributed by atoms with Gasteiger partial charge in [0.15, 0.2) is 0 Å². The van der Waals surface area contributed by atoms with Crippen LogP contribution >= 0.6 is 36.2 Å². The van der Waals surface area contributed by atoms with Crippen molar-refractivity contribution in [2.24, 2.45) is 5.92 Å². The Morgan fingerprint density at radius 2 is 1.95 bits per heavy atom. The van der Waals surface area contributed by atoms with Gasteiger partial charge in [-0.05, 0) is 26.3 Å². The number of nitrogens with one attached hydrogen (secondary N) is 2. The standard InChI is InChI=1S/C12H21N3OS.2ClH/c1-8(2)7-10-11(17-9(3)15-10)12(16)14-6-5-13-4;;/h8,13H,5-7H2,1-4H3,(H,14,16);2*1H. The van der Waals surface area contributed by atoms with E-state index in [4.69, 9.17) is 0 Å². The molecule has 19 heavy (non-hydrogen) atoms. The van der Waals surface area contributed by atoms with Crippen LogP contribution in [-0.4, -0.2) is 31.0 Å². The number of hydrogen-bond acceptors (Lipinski definition) is 4. The summed E-state index contributed by atoms with van der Waals surface area (Å²) in [7, 11) is 1.87. The normalized spacial score (nSPS) is 9.74. The number of amides is 1. The van der Waals surface area contributed by atoms with E-state index in [2.05, 4.69) is 29.5 Å². The number of hydrogen-bond donors (Lipinski definition) is 2. The van der Waals surface area contributed by atoms with Crippen LogP contribution < -0.4 is 10.6 Å². The maximum absolute atomic E-state index is 12.0. The molecule has 1 amide bonds.